The number of fused-ring (bicyclic) bond motifs is 1. The van der Waals surface area contributed by atoms with E-state index in [4.69, 9.17) is 9.47 Å². The monoisotopic (exact) mass is 499 g/mol. The number of nitrogens with one attached hydrogen (secondary N) is 1. The molecule has 8 nitrogen and oxygen atoms in total. The third-order valence-corrected chi connectivity index (χ3v) is 5.59. The molecular formula is C25H24F3N5O3. The number of carbonyl (C=O) groups is 1. The zero-order chi connectivity index (χ0) is 26.0. The molecule has 1 amide bonds. The first-order valence-corrected chi connectivity index (χ1v) is 11.0. The smallest absolute Gasteiger partial charge is 0.405 e. The van der Waals surface area contributed by atoms with E-state index in [1.54, 1.807) is 24.5 Å². The summed E-state index contributed by atoms with van der Waals surface area (Å²) in [6.45, 7) is 2.65. The molecule has 1 aromatic carbocycles. The van der Waals surface area contributed by atoms with Crippen LogP contribution < -0.4 is 14.8 Å². The maximum atomic E-state index is 12.6. The van der Waals surface area contributed by atoms with Crippen LogP contribution in [0, 0.1) is 0 Å². The van der Waals surface area contributed by atoms with Gasteiger partial charge in [-0.25, -0.2) is 15.0 Å². The Kier molecular flexibility index (Phi) is 6.82. The van der Waals surface area contributed by atoms with E-state index in [1.165, 1.54) is 20.5 Å². The Morgan fingerprint density at radius 3 is 2.36 bits per heavy atom. The highest BCUT2D eigenvalue weighted by molar-refractivity contribution is 6.00. The summed E-state index contributed by atoms with van der Waals surface area (Å²) >= 11 is 0. The molecule has 188 valence electrons. The highest BCUT2D eigenvalue weighted by Gasteiger charge is 2.30. The number of alkyl halides is 3. The molecular weight excluding hydrogens is 475 g/mol. The molecule has 3 aromatic heterocycles. The van der Waals surface area contributed by atoms with Gasteiger partial charge in [-0.1, -0.05) is 13.8 Å². The van der Waals surface area contributed by atoms with Crippen LogP contribution in [0.25, 0.3) is 28.0 Å². The number of halogens is 3. The van der Waals surface area contributed by atoms with Crippen molar-refractivity contribution < 1.29 is 27.4 Å². The summed E-state index contributed by atoms with van der Waals surface area (Å²) in [5.41, 5.74) is 4.55. The average molecular weight is 499 g/mol. The second-order valence-electron chi connectivity index (χ2n) is 8.32. The molecule has 0 saturated heterocycles. The number of methoxy groups -OCH3 is 2. The van der Waals surface area contributed by atoms with Crippen LogP contribution in [0.1, 0.15) is 35.8 Å². The molecule has 0 aliphatic rings. The molecule has 0 atom stereocenters. The molecule has 0 aliphatic carbocycles. The van der Waals surface area contributed by atoms with E-state index in [-0.39, 0.29) is 23.0 Å². The van der Waals surface area contributed by atoms with Crippen molar-refractivity contribution in [1.29, 1.82) is 0 Å². The number of hydrogen-bond acceptors (Lipinski definition) is 6. The van der Waals surface area contributed by atoms with Crippen LogP contribution in [0.15, 0.2) is 49.2 Å². The van der Waals surface area contributed by atoms with Gasteiger partial charge in [0.15, 0.2) is 0 Å². The topological polar surface area (TPSA) is 90.6 Å². The Bertz CT molecular complexity index is 1390. The maximum Gasteiger partial charge on any atom is 0.405 e. The molecule has 0 unspecified atom stereocenters. The summed E-state index contributed by atoms with van der Waals surface area (Å²) in [6, 6.07) is 6.96. The Balaban J connectivity index is 1.75. The van der Waals surface area contributed by atoms with Gasteiger partial charge >= 0.3 is 6.18 Å². The lowest BCUT2D eigenvalue weighted by atomic mass is 10.00. The molecule has 4 aromatic rings. The SMILES string of the molecule is COc1cc(-c2cnc3cc(-c4cncnc4C(C)C)ccn23)cc(OC)c1C(=O)NCC(F)(F)F. The number of hydrogen-bond donors (Lipinski definition) is 1. The number of rotatable bonds is 7. The van der Waals surface area contributed by atoms with E-state index < -0.39 is 18.6 Å². The number of carbonyl (C=O) groups excluding carboxylic acids is 1. The minimum absolute atomic E-state index is 0.0682. The lowest BCUT2D eigenvalue weighted by Gasteiger charge is -2.16. The Morgan fingerprint density at radius 2 is 1.75 bits per heavy atom. The number of benzene rings is 1. The van der Waals surface area contributed by atoms with Gasteiger partial charge in [0.25, 0.3) is 5.91 Å². The zero-order valence-corrected chi connectivity index (χ0v) is 20.1. The van der Waals surface area contributed by atoms with Crippen molar-refractivity contribution in [2.45, 2.75) is 25.9 Å². The highest BCUT2D eigenvalue weighted by Crippen LogP contribution is 2.36. The predicted octanol–water partition coefficient (Wildman–Crippen LogP) is 4.89. The molecule has 0 aliphatic heterocycles. The molecule has 3 heterocycles. The lowest BCUT2D eigenvalue weighted by molar-refractivity contribution is -0.123. The molecule has 0 saturated carbocycles. The Hall–Kier alpha value is -4.15. The number of aromatic nitrogens is 4. The van der Waals surface area contributed by atoms with Crippen molar-refractivity contribution >= 4 is 11.6 Å². The number of ether oxygens (including phenoxy) is 2. The summed E-state index contributed by atoms with van der Waals surface area (Å²) in [7, 11) is 2.65. The fourth-order valence-corrected chi connectivity index (χ4v) is 3.94. The predicted molar refractivity (Wildman–Crippen MR) is 127 cm³/mol. The third kappa shape index (κ3) is 4.95. The molecule has 1 N–H and O–H groups in total. The largest absolute Gasteiger partial charge is 0.496 e. The summed E-state index contributed by atoms with van der Waals surface area (Å²) in [6.07, 6.45) is 2.26. The first kappa shape index (κ1) is 25.0. The van der Waals surface area contributed by atoms with Crippen LogP contribution >= 0.6 is 0 Å². The van der Waals surface area contributed by atoms with E-state index in [9.17, 15) is 18.0 Å². The quantitative estimate of drug-likeness (QED) is 0.389. The van der Waals surface area contributed by atoms with Crippen molar-refractivity contribution in [3.63, 3.8) is 0 Å². The summed E-state index contributed by atoms with van der Waals surface area (Å²) in [5.74, 6) is -0.611. The standard InChI is InChI=1S/C25H24F3N5O3/c1-14(2)23-17(10-29-13-32-23)15-5-6-33-18(11-30-21(33)9-15)16-7-19(35-3)22(20(8-16)36-4)24(34)31-12-25(26,27)28/h5-11,13-14H,12H2,1-4H3,(H,31,34). The number of imidazole rings is 1. The summed E-state index contributed by atoms with van der Waals surface area (Å²) in [5, 5.41) is 1.85. The van der Waals surface area contributed by atoms with Crippen LogP contribution in [0.3, 0.4) is 0 Å². The molecule has 4 rings (SSSR count). The maximum absolute atomic E-state index is 12.6. The van der Waals surface area contributed by atoms with Crippen molar-refractivity contribution in [1.82, 2.24) is 24.7 Å². The fourth-order valence-electron chi connectivity index (χ4n) is 3.94. The van der Waals surface area contributed by atoms with E-state index in [2.05, 4.69) is 28.8 Å². The highest BCUT2D eigenvalue weighted by atomic mass is 19.4. The zero-order valence-electron chi connectivity index (χ0n) is 20.1. The number of nitrogens with zero attached hydrogens (tertiary/aromatic N) is 4. The number of pyridine rings is 1. The van der Waals surface area contributed by atoms with Crippen LogP contribution in [0.2, 0.25) is 0 Å². The minimum atomic E-state index is -4.55. The summed E-state index contributed by atoms with van der Waals surface area (Å²) < 4.78 is 50.3. The van der Waals surface area contributed by atoms with Crippen LogP contribution in [0.5, 0.6) is 11.5 Å². The van der Waals surface area contributed by atoms with Gasteiger partial charge in [0, 0.05) is 23.5 Å². The normalized spacial score (nSPS) is 11.7. The average Bonchev–Trinajstić information content (AvgIpc) is 3.29. The molecule has 36 heavy (non-hydrogen) atoms. The Morgan fingerprint density at radius 1 is 1.06 bits per heavy atom. The van der Waals surface area contributed by atoms with Crippen molar-refractivity contribution in [2.75, 3.05) is 20.8 Å². The van der Waals surface area contributed by atoms with Gasteiger partial charge in [-0.15, -0.1) is 0 Å². The van der Waals surface area contributed by atoms with Gasteiger partial charge in [0.1, 0.15) is 35.6 Å². The van der Waals surface area contributed by atoms with Crippen molar-refractivity contribution in [3.8, 4) is 33.9 Å². The van der Waals surface area contributed by atoms with E-state index in [0.29, 0.717) is 16.9 Å². The fraction of sp³-hybridized carbons (Fsp3) is 0.280. The number of amides is 1. The van der Waals surface area contributed by atoms with Crippen LogP contribution in [-0.2, 0) is 0 Å². The summed E-state index contributed by atoms with van der Waals surface area (Å²) in [4.78, 5) is 25.6. The second kappa shape index (κ2) is 9.84. The second-order valence-corrected chi connectivity index (χ2v) is 8.32. The molecule has 0 radical (unpaired) electrons. The van der Waals surface area contributed by atoms with Gasteiger partial charge in [0.05, 0.1) is 31.8 Å². The lowest BCUT2D eigenvalue weighted by Crippen LogP contribution is -2.34. The molecule has 0 bridgehead atoms. The third-order valence-electron chi connectivity index (χ3n) is 5.59. The van der Waals surface area contributed by atoms with Gasteiger partial charge in [-0.3, -0.25) is 9.20 Å². The molecule has 11 heteroatoms. The molecule has 0 spiro atoms. The van der Waals surface area contributed by atoms with E-state index >= 15 is 0 Å². The van der Waals surface area contributed by atoms with E-state index in [0.717, 1.165) is 16.8 Å². The van der Waals surface area contributed by atoms with Gasteiger partial charge in [-0.05, 0) is 35.7 Å². The molecule has 0 fully saturated rings. The van der Waals surface area contributed by atoms with Crippen molar-refractivity contribution in [3.05, 3.63) is 60.4 Å². The van der Waals surface area contributed by atoms with Crippen LogP contribution in [-0.4, -0.2) is 52.2 Å². The minimum Gasteiger partial charge on any atom is -0.496 e. The van der Waals surface area contributed by atoms with Crippen LogP contribution in [0.4, 0.5) is 13.2 Å². The van der Waals surface area contributed by atoms with Gasteiger partial charge in [0.2, 0.25) is 0 Å². The van der Waals surface area contributed by atoms with Gasteiger partial charge in [-0.2, -0.15) is 13.2 Å². The first-order chi connectivity index (χ1) is 17.1. The van der Waals surface area contributed by atoms with Crippen molar-refractivity contribution in [2.24, 2.45) is 0 Å². The first-order valence-electron chi connectivity index (χ1n) is 11.0. The van der Waals surface area contributed by atoms with Gasteiger partial charge < -0.3 is 14.8 Å². The Labute approximate surface area is 205 Å². The van der Waals surface area contributed by atoms with E-state index in [1.807, 2.05) is 28.0 Å².